The van der Waals surface area contributed by atoms with Gasteiger partial charge in [0, 0.05) is 30.5 Å². The van der Waals surface area contributed by atoms with Gasteiger partial charge in [0.15, 0.2) is 0 Å². The van der Waals surface area contributed by atoms with Crippen LogP contribution in [0.3, 0.4) is 0 Å². The lowest BCUT2D eigenvalue weighted by Gasteiger charge is -2.41. The number of hydrogen-bond donors (Lipinski definition) is 1. The van der Waals surface area contributed by atoms with Crippen LogP contribution < -0.4 is 10.2 Å². The fraction of sp³-hybridized carbons (Fsp3) is 0.714. The molecule has 0 bridgehead atoms. The van der Waals surface area contributed by atoms with Crippen molar-refractivity contribution in [2.45, 2.75) is 39.2 Å². The van der Waals surface area contributed by atoms with Crippen molar-refractivity contribution in [2.24, 2.45) is 5.92 Å². The average Bonchev–Trinajstić information content (AvgIpc) is 2.37. The van der Waals surface area contributed by atoms with Gasteiger partial charge in [0.2, 0.25) is 5.95 Å². The molecule has 0 radical (unpaired) electrons. The van der Waals surface area contributed by atoms with E-state index in [9.17, 15) is 0 Å². The van der Waals surface area contributed by atoms with E-state index in [1.807, 2.05) is 19.9 Å². The highest BCUT2D eigenvalue weighted by atomic mass is 15.3. The minimum atomic E-state index is 0.723. The molecule has 3 rings (SSSR count). The first-order valence-corrected chi connectivity index (χ1v) is 7.03. The zero-order valence-electron chi connectivity index (χ0n) is 11.3. The van der Waals surface area contributed by atoms with E-state index in [0.717, 1.165) is 42.4 Å². The normalized spacial score (nSPS) is 28.0. The van der Waals surface area contributed by atoms with Crippen molar-refractivity contribution in [2.75, 3.05) is 24.5 Å². The Kier molecular flexibility index (Phi) is 3.20. The fourth-order valence-electron chi connectivity index (χ4n) is 3.28. The van der Waals surface area contributed by atoms with Gasteiger partial charge in [0.05, 0.1) is 0 Å². The van der Waals surface area contributed by atoms with Gasteiger partial charge in [0.1, 0.15) is 0 Å². The van der Waals surface area contributed by atoms with Crippen LogP contribution in [-0.2, 0) is 0 Å². The molecule has 0 aliphatic carbocycles. The monoisotopic (exact) mass is 246 g/mol. The Morgan fingerprint density at radius 2 is 2.00 bits per heavy atom. The summed E-state index contributed by atoms with van der Waals surface area (Å²) in [5.41, 5.74) is 2.14. The molecular formula is C14H22N4. The Morgan fingerprint density at radius 1 is 1.22 bits per heavy atom. The number of rotatable bonds is 1. The Morgan fingerprint density at radius 3 is 2.78 bits per heavy atom. The summed E-state index contributed by atoms with van der Waals surface area (Å²) in [6.45, 7) is 7.49. The van der Waals surface area contributed by atoms with Crippen molar-refractivity contribution in [1.82, 2.24) is 15.3 Å². The van der Waals surface area contributed by atoms with Gasteiger partial charge < -0.3 is 10.2 Å². The smallest absolute Gasteiger partial charge is 0.225 e. The molecule has 2 aliphatic rings. The maximum Gasteiger partial charge on any atom is 0.225 e. The molecule has 4 nitrogen and oxygen atoms in total. The predicted octanol–water partition coefficient (Wildman–Crippen LogP) is 1.67. The quantitative estimate of drug-likeness (QED) is 0.818. The number of aryl methyl sites for hydroxylation is 2. The van der Waals surface area contributed by atoms with E-state index in [2.05, 4.69) is 20.2 Å². The van der Waals surface area contributed by atoms with Crippen molar-refractivity contribution in [3.8, 4) is 0 Å². The largest absolute Gasteiger partial charge is 0.340 e. The number of piperidine rings is 2. The van der Waals surface area contributed by atoms with E-state index >= 15 is 0 Å². The minimum Gasteiger partial charge on any atom is -0.340 e. The second kappa shape index (κ2) is 4.84. The van der Waals surface area contributed by atoms with Crippen molar-refractivity contribution >= 4 is 5.95 Å². The van der Waals surface area contributed by atoms with Crippen molar-refractivity contribution in [3.05, 3.63) is 17.5 Å². The fourth-order valence-corrected chi connectivity index (χ4v) is 3.28. The van der Waals surface area contributed by atoms with E-state index in [4.69, 9.17) is 0 Å². The van der Waals surface area contributed by atoms with Gasteiger partial charge in [-0.15, -0.1) is 0 Å². The standard InChI is InChI=1S/C14H22N4/c1-10-8-11(2)17-14(16-10)18-7-5-13-12(9-18)4-3-6-15-13/h8,12-13,15H,3-7,9H2,1-2H3. The summed E-state index contributed by atoms with van der Waals surface area (Å²) < 4.78 is 0. The van der Waals surface area contributed by atoms with Crippen molar-refractivity contribution in [1.29, 1.82) is 0 Å². The summed E-state index contributed by atoms with van der Waals surface area (Å²) in [6.07, 6.45) is 3.88. The molecular weight excluding hydrogens is 224 g/mol. The van der Waals surface area contributed by atoms with E-state index < -0.39 is 0 Å². The first-order valence-electron chi connectivity index (χ1n) is 7.03. The Labute approximate surface area is 109 Å². The highest BCUT2D eigenvalue weighted by Gasteiger charge is 2.31. The zero-order chi connectivity index (χ0) is 12.5. The van der Waals surface area contributed by atoms with Crippen LogP contribution in [0, 0.1) is 19.8 Å². The maximum absolute atomic E-state index is 4.59. The summed E-state index contributed by atoms with van der Waals surface area (Å²) >= 11 is 0. The second-order valence-corrected chi connectivity index (χ2v) is 5.65. The lowest BCUT2D eigenvalue weighted by atomic mass is 9.85. The molecule has 98 valence electrons. The molecule has 2 saturated heterocycles. The summed E-state index contributed by atoms with van der Waals surface area (Å²) in [5.74, 6) is 1.70. The summed E-state index contributed by atoms with van der Waals surface area (Å²) in [7, 11) is 0. The third-order valence-corrected chi connectivity index (χ3v) is 4.15. The first kappa shape index (κ1) is 11.9. The first-order chi connectivity index (χ1) is 8.72. The minimum absolute atomic E-state index is 0.723. The number of aromatic nitrogens is 2. The molecule has 2 aliphatic heterocycles. The van der Waals surface area contributed by atoms with Crippen LogP contribution in [0.4, 0.5) is 5.95 Å². The van der Waals surface area contributed by atoms with Gasteiger partial charge in [0.25, 0.3) is 0 Å². The maximum atomic E-state index is 4.59. The number of nitrogens with one attached hydrogen (secondary N) is 1. The Balaban J connectivity index is 1.76. The van der Waals surface area contributed by atoms with Gasteiger partial charge in [-0.25, -0.2) is 9.97 Å². The molecule has 2 unspecified atom stereocenters. The van der Waals surface area contributed by atoms with Crippen LogP contribution >= 0.6 is 0 Å². The van der Waals surface area contributed by atoms with Crippen molar-refractivity contribution in [3.63, 3.8) is 0 Å². The molecule has 3 heterocycles. The molecule has 1 aromatic heterocycles. The molecule has 0 spiro atoms. The molecule has 2 fully saturated rings. The van der Waals surface area contributed by atoms with Gasteiger partial charge in [-0.3, -0.25) is 0 Å². The Bertz CT molecular complexity index is 412. The lowest BCUT2D eigenvalue weighted by Crippen LogP contribution is -2.52. The third kappa shape index (κ3) is 2.34. The number of anilines is 1. The average molecular weight is 246 g/mol. The summed E-state index contributed by atoms with van der Waals surface area (Å²) in [4.78, 5) is 11.5. The molecule has 18 heavy (non-hydrogen) atoms. The molecule has 0 saturated carbocycles. The number of hydrogen-bond acceptors (Lipinski definition) is 4. The van der Waals surface area contributed by atoms with Gasteiger partial charge in [-0.1, -0.05) is 0 Å². The van der Waals surface area contributed by atoms with Gasteiger partial charge in [-0.05, 0) is 51.6 Å². The predicted molar refractivity (Wildman–Crippen MR) is 72.9 cm³/mol. The Hall–Kier alpha value is -1.16. The molecule has 1 N–H and O–H groups in total. The van der Waals surface area contributed by atoms with E-state index in [-0.39, 0.29) is 0 Å². The molecule has 0 aromatic carbocycles. The van der Waals surface area contributed by atoms with Crippen LogP contribution in [0.15, 0.2) is 6.07 Å². The number of nitrogens with zero attached hydrogens (tertiary/aromatic N) is 3. The SMILES string of the molecule is Cc1cc(C)nc(N2CCC3NCCCC3C2)n1. The van der Waals surface area contributed by atoms with Crippen LogP contribution in [0.25, 0.3) is 0 Å². The second-order valence-electron chi connectivity index (χ2n) is 5.65. The highest BCUT2D eigenvalue weighted by molar-refractivity contribution is 5.33. The summed E-state index contributed by atoms with van der Waals surface area (Å²) in [6, 6.07) is 2.76. The molecule has 2 atom stereocenters. The van der Waals surface area contributed by atoms with E-state index in [1.54, 1.807) is 0 Å². The van der Waals surface area contributed by atoms with Crippen LogP contribution in [0.1, 0.15) is 30.7 Å². The lowest BCUT2D eigenvalue weighted by molar-refractivity contribution is 0.243. The molecule has 1 aromatic rings. The molecule has 4 heteroatoms. The molecule has 0 amide bonds. The highest BCUT2D eigenvalue weighted by Crippen LogP contribution is 2.26. The number of fused-ring (bicyclic) bond motifs is 1. The van der Waals surface area contributed by atoms with E-state index in [0.29, 0.717) is 0 Å². The summed E-state index contributed by atoms with van der Waals surface area (Å²) in [5, 5.41) is 3.65. The third-order valence-electron chi connectivity index (χ3n) is 4.15. The topological polar surface area (TPSA) is 41.1 Å². The van der Waals surface area contributed by atoms with Gasteiger partial charge in [-0.2, -0.15) is 0 Å². The van der Waals surface area contributed by atoms with Crippen LogP contribution in [-0.4, -0.2) is 35.6 Å². The van der Waals surface area contributed by atoms with Crippen molar-refractivity contribution < 1.29 is 0 Å². The van der Waals surface area contributed by atoms with Crippen LogP contribution in [0.2, 0.25) is 0 Å². The van der Waals surface area contributed by atoms with Gasteiger partial charge >= 0.3 is 0 Å². The van der Waals surface area contributed by atoms with E-state index in [1.165, 1.54) is 25.8 Å². The zero-order valence-corrected chi connectivity index (χ0v) is 11.3. The van der Waals surface area contributed by atoms with Crippen LogP contribution in [0.5, 0.6) is 0 Å².